The lowest BCUT2D eigenvalue weighted by Gasteiger charge is -2.31. The first kappa shape index (κ1) is 30.7. The number of hydrogen-bond acceptors (Lipinski definition) is 8. The summed E-state index contributed by atoms with van der Waals surface area (Å²) in [7, 11) is -3.94. The van der Waals surface area contributed by atoms with Gasteiger partial charge in [-0.1, -0.05) is 42.5 Å². The molecule has 11 nitrogen and oxygen atoms in total. The molecule has 1 saturated heterocycles. The van der Waals surface area contributed by atoms with Crippen molar-refractivity contribution in [2.75, 3.05) is 23.1 Å². The van der Waals surface area contributed by atoms with Crippen molar-refractivity contribution in [2.45, 2.75) is 31.6 Å². The van der Waals surface area contributed by atoms with Crippen LogP contribution in [0, 0.1) is 12.7 Å². The first-order valence-electron chi connectivity index (χ1n) is 14.6. The Bertz CT molecular complexity index is 2030. The first-order chi connectivity index (χ1) is 22.2. The van der Waals surface area contributed by atoms with Crippen molar-refractivity contribution >= 4 is 38.5 Å². The third kappa shape index (κ3) is 6.84. The first-order valence-corrected chi connectivity index (χ1v) is 16.3. The summed E-state index contributed by atoms with van der Waals surface area (Å²) in [4.78, 5) is 26.3. The Hall–Kier alpha value is -5.30. The summed E-state index contributed by atoms with van der Waals surface area (Å²) >= 11 is 0. The fourth-order valence-electron chi connectivity index (χ4n) is 5.48. The average molecular weight is 643 g/mol. The number of aryl methyl sites for hydroxylation is 1. The third-order valence-electron chi connectivity index (χ3n) is 7.70. The van der Waals surface area contributed by atoms with Gasteiger partial charge in [-0.25, -0.2) is 32.6 Å². The number of hydrogen-bond donors (Lipinski definition) is 3. The maximum absolute atomic E-state index is 14.2. The van der Waals surface area contributed by atoms with Gasteiger partial charge < -0.3 is 20.1 Å². The highest BCUT2D eigenvalue weighted by Gasteiger charge is 2.24. The number of fused-ring (bicyclic) bond motifs is 1. The van der Waals surface area contributed by atoms with Gasteiger partial charge in [0.25, 0.3) is 0 Å². The molecule has 1 unspecified atom stereocenters. The van der Waals surface area contributed by atoms with E-state index in [9.17, 15) is 22.7 Å². The lowest BCUT2D eigenvalue weighted by molar-refractivity contribution is 0.132. The smallest absolute Gasteiger partial charge is 0.407 e. The topological polar surface area (TPSA) is 147 Å². The number of amides is 1. The van der Waals surface area contributed by atoms with Gasteiger partial charge in [0.05, 0.1) is 22.7 Å². The molecule has 3 N–H and O–H groups in total. The molecule has 0 saturated carbocycles. The van der Waals surface area contributed by atoms with Crippen molar-refractivity contribution in [3.8, 4) is 22.9 Å². The summed E-state index contributed by atoms with van der Waals surface area (Å²) in [6.45, 7) is 2.72. The number of benzene rings is 3. The molecule has 0 spiro atoms. The molecule has 46 heavy (non-hydrogen) atoms. The number of nitrogens with one attached hydrogen (secondary N) is 2. The summed E-state index contributed by atoms with van der Waals surface area (Å²) in [5.41, 5.74) is 2.34. The standard InChI is InChI=1S/C33H31FN6O5S/c1-21-13-14-24-25(9-4-12-29(24)39-46(43,44)20-22-7-2-3-11-27(22)34)30(21)45-31-26(10-5-16-35-31)28-15-17-36-32(38-28)37-23-8-6-18-40(19-23)33(41)42/h2-5,7,9-17,23,39H,6,8,18-20H2,1H3,(H,41,42)(H,36,37,38). The van der Waals surface area contributed by atoms with E-state index in [1.165, 1.54) is 23.1 Å². The van der Waals surface area contributed by atoms with E-state index in [0.717, 1.165) is 18.4 Å². The highest BCUT2D eigenvalue weighted by molar-refractivity contribution is 7.91. The molecular weight excluding hydrogens is 611 g/mol. The maximum Gasteiger partial charge on any atom is 0.407 e. The van der Waals surface area contributed by atoms with Crippen molar-refractivity contribution < 1.29 is 27.4 Å². The van der Waals surface area contributed by atoms with Crippen LogP contribution in [0.25, 0.3) is 22.0 Å². The van der Waals surface area contributed by atoms with Crippen molar-refractivity contribution in [2.24, 2.45) is 0 Å². The van der Waals surface area contributed by atoms with Crippen LogP contribution in [0.1, 0.15) is 24.0 Å². The fraction of sp³-hybridized carbons (Fsp3) is 0.212. The average Bonchev–Trinajstić information content (AvgIpc) is 3.04. The van der Waals surface area contributed by atoms with Gasteiger partial charge >= 0.3 is 6.09 Å². The number of carboxylic acid groups (broad SMARTS) is 1. The number of rotatable bonds is 9. The highest BCUT2D eigenvalue weighted by Crippen LogP contribution is 2.39. The summed E-state index contributed by atoms with van der Waals surface area (Å²) in [5, 5.41) is 13.9. The van der Waals surface area contributed by atoms with Gasteiger partial charge in [-0.05, 0) is 55.7 Å². The molecule has 1 atom stereocenters. The zero-order valence-electron chi connectivity index (χ0n) is 24.9. The molecule has 236 valence electrons. The molecular formula is C33H31FN6O5S. The molecule has 2 aromatic heterocycles. The van der Waals surface area contributed by atoms with Gasteiger partial charge in [0.2, 0.25) is 21.9 Å². The minimum Gasteiger partial charge on any atom is -0.465 e. The van der Waals surface area contributed by atoms with Crippen LogP contribution in [0.2, 0.25) is 0 Å². The monoisotopic (exact) mass is 642 g/mol. The fourth-order valence-corrected chi connectivity index (χ4v) is 6.71. The predicted octanol–water partition coefficient (Wildman–Crippen LogP) is 6.43. The Labute approximate surface area is 265 Å². The molecule has 13 heteroatoms. The zero-order chi connectivity index (χ0) is 32.3. The SMILES string of the molecule is Cc1ccc2c(NS(=O)(=O)Cc3ccccc3F)cccc2c1Oc1ncccc1-c1ccnc(NC2CCCN(C(=O)O)C2)n1. The Morgan fingerprint density at radius 3 is 2.70 bits per heavy atom. The number of sulfonamides is 1. The molecule has 1 aliphatic rings. The van der Waals surface area contributed by atoms with Crippen LogP contribution in [0.15, 0.2) is 85.2 Å². The van der Waals surface area contributed by atoms with Gasteiger partial charge in [-0.15, -0.1) is 0 Å². The van der Waals surface area contributed by atoms with E-state index >= 15 is 0 Å². The molecule has 1 aliphatic heterocycles. The Morgan fingerprint density at radius 1 is 1.02 bits per heavy atom. The summed E-state index contributed by atoms with van der Waals surface area (Å²) < 4.78 is 49.3. The summed E-state index contributed by atoms with van der Waals surface area (Å²) in [5.74, 6) is 0.0162. The number of likely N-dealkylation sites (tertiary alicyclic amines) is 1. The molecule has 0 aliphatic carbocycles. The number of anilines is 2. The largest absolute Gasteiger partial charge is 0.465 e. The molecule has 3 aromatic carbocycles. The molecule has 1 amide bonds. The minimum atomic E-state index is -3.94. The molecule has 5 aromatic rings. The Balaban J connectivity index is 1.28. The van der Waals surface area contributed by atoms with E-state index in [4.69, 9.17) is 4.74 Å². The molecule has 6 rings (SSSR count). The molecule has 1 fully saturated rings. The van der Waals surface area contributed by atoms with Gasteiger partial charge in [-0.2, -0.15) is 0 Å². The number of pyridine rings is 1. The van der Waals surface area contributed by atoms with Crippen molar-refractivity contribution in [1.82, 2.24) is 19.9 Å². The normalized spacial score (nSPS) is 15.0. The van der Waals surface area contributed by atoms with E-state index in [0.29, 0.717) is 52.5 Å². The number of ether oxygens (including phenoxy) is 1. The second-order valence-corrected chi connectivity index (χ2v) is 12.7. The van der Waals surface area contributed by atoms with Crippen LogP contribution in [0.3, 0.4) is 0 Å². The van der Waals surface area contributed by atoms with E-state index in [1.54, 1.807) is 48.8 Å². The van der Waals surface area contributed by atoms with Crippen LogP contribution in [-0.4, -0.2) is 58.6 Å². The van der Waals surface area contributed by atoms with Crippen LogP contribution in [0.5, 0.6) is 11.6 Å². The van der Waals surface area contributed by atoms with Gasteiger partial charge in [0.1, 0.15) is 11.6 Å². The van der Waals surface area contributed by atoms with Gasteiger partial charge in [-0.3, -0.25) is 4.72 Å². The minimum absolute atomic E-state index is 0.0711. The van der Waals surface area contributed by atoms with E-state index in [1.807, 2.05) is 25.1 Å². The molecule has 0 radical (unpaired) electrons. The van der Waals surface area contributed by atoms with Crippen LogP contribution >= 0.6 is 0 Å². The summed E-state index contributed by atoms with van der Waals surface area (Å²) in [6, 6.07) is 19.8. The zero-order valence-corrected chi connectivity index (χ0v) is 25.7. The number of carbonyl (C=O) groups is 1. The quantitative estimate of drug-likeness (QED) is 0.166. The second-order valence-electron chi connectivity index (χ2n) is 11.0. The van der Waals surface area contributed by atoms with E-state index < -0.39 is 27.7 Å². The van der Waals surface area contributed by atoms with E-state index in [-0.39, 0.29) is 17.5 Å². The second kappa shape index (κ2) is 13.0. The van der Waals surface area contributed by atoms with Crippen molar-refractivity contribution in [3.05, 3.63) is 102 Å². The Morgan fingerprint density at radius 2 is 1.87 bits per heavy atom. The number of aromatic nitrogens is 3. The summed E-state index contributed by atoms with van der Waals surface area (Å²) in [6.07, 6.45) is 3.80. The van der Waals surface area contributed by atoms with Crippen LogP contribution in [0.4, 0.5) is 20.8 Å². The van der Waals surface area contributed by atoms with Crippen molar-refractivity contribution in [1.29, 1.82) is 0 Å². The maximum atomic E-state index is 14.2. The number of nitrogens with zero attached hydrogens (tertiary/aromatic N) is 4. The van der Waals surface area contributed by atoms with Crippen LogP contribution in [-0.2, 0) is 15.8 Å². The van der Waals surface area contributed by atoms with Gasteiger partial charge in [0.15, 0.2) is 0 Å². The van der Waals surface area contributed by atoms with Crippen molar-refractivity contribution in [3.63, 3.8) is 0 Å². The molecule has 0 bridgehead atoms. The third-order valence-corrected chi connectivity index (χ3v) is 8.93. The number of halogens is 1. The lowest BCUT2D eigenvalue weighted by Crippen LogP contribution is -2.44. The highest BCUT2D eigenvalue weighted by atomic mass is 32.2. The number of piperidine rings is 1. The molecule has 3 heterocycles. The predicted molar refractivity (Wildman–Crippen MR) is 173 cm³/mol. The van der Waals surface area contributed by atoms with Crippen LogP contribution < -0.4 is 14.8 Å². The van der Waals surface area contributed by atoms with E-state index in [2.05, 4.69) is 25.0 Å². The Kier molecular flexibility index (Phi) is 8.66. The lowest BCUT2D eigenvalue weighted by atomic mass is 10.0. The van der Waals surface area contributed by atoms with Gasteiger partial charge in [0, 0.05) is 47.9 Å².